The number of carboxylic acid groups (broad SMARTS) is 1. The van der Waals surface area contributed by atoms with Crippen molar-refractivity contribution in [3.63, 3.8) is 0 Å². The van der Waals surface area contributed by atoms with Crippen molar-refractivity contribution in [3.8, 4) is 0 Å². The lowest BCUT2D eigenvalue weighted by Gasteiger charge is -2.35. The van der Waals surface area contributed by atoms with Gasteiger partial charge in [0.2, 0.25) is 0 Å². The van der Waals surface area contributed by atoms with Crippen LogP contribution in [-0.2, 0) is 11.2 Å². The molecule has 1 aliphatic carbocycles. The van der Waals surface area contributed by atoms with Crippen LogP contribution < -0.4 is 10.7 Å². The van der Waals surface area contributed by atoms with Gasteiger partial charge in [0.15, 0.2) is 0 Å². The molecule has 6 heteroatoms. The van der Waals surface area contributed by atoms with E-state index >= 15 is 0 Å². The molecule has 0 aromatic heterocycles. The summed E-state index contributed by atoms with van der Waals surface area (Å²) in [5, 5.41) is 12.5. The van der Waals surface area contributed by atoms with Crippen molar-refractivity contribution in [3.05, 3.63) is 70.4 Å². The van der Waals surface area contributed by atoms with E-state index in [1.807, 2.05) is 0 Å². The molecule has 6 rings (SSSR count). The maximum absolute atomic E-state index is 12.5. The summed E-state index contributed by atoms with van der Waals surface area (Å²) < 4.78 is 0. The lowest BCUT2D eigenvalue weighted by atomic mass is 9.83. The summed E-state index contributed by atoms with van der Waals surface area (Å²) in [6, 6.07) is 17.0. The highest BCUT2D eigenvalue weighted by Crippen LogP contribution is 2.38. The van der Waals surface area contributed by atoms with Crippen LogP contribution in [-0.4, -0.2) is 66.3 Å². The van der Waals surface area contributed by atoms with Gasteiger partial charge in [-0.15, -0.1) is 0 Å². The van der Waals surface area contributed by atoms with Crippen molar-refractivity contribution in [2.45, 2.75) is 76.2 Å². The van der Waals surface area contributed by atoms with E-state index in [-0.39, 0.29) is 6.04 Å². The second kappa shape index (κ2) is 12.9. The third-order valence-corrected chi connectivity index (χ3v) is 10.3. The molecule has 0 radical (unpaired) electrons. The second-order valence-corrected chi connectivity index (χ2v) is 12.8. The van der Waals surface area contributed by atoms with Crippen LogP contribution in [0.3, 0.4) is 0 Å². The van der Waals surface area contributed by atoms with E-state index in [9.17, 15) is 9.90 Å². The number of piperidine rings is 1. The zero-order chi connectivity index (χ0) is 27.3. The number of aryl methyl sites for hydroxylation is 1. The molecule has 4 aliphatic rings. The first kappa shape index (κ1) is 27.6. The summed E-state index contributed by atoms with van der Waals surface area (Å²) in [6.07, 6.45) is 11.9. The molecule has 214 valence electrons. The highest BCUT2D eigenvalue weighted by atomic mass is 16.4. The van der Waals surface area contributed by atoms with Gasteiger partial charge in [0.1, 0.15) is 12.7 Å². The Morgan fingerprint density at radius 3 is 2.50 bits per heavy atom. The normalized spacial score (nSPS) is 25.3. The lowest BCUT2D eigenvalue weighted by molar-refractivity contribution is -0.145. The van der Waals surface area contributed by atoms with Gasteiger partial charge in [0.25, 0.3) is 0 Å². The number of benzene rings is 2. The van der Waals surface area contributed by atoms with Gasteiger partial charge in [0, 0.05) is 25.6 Å². The third kappa shape index (κ3) is 6.33. The Balaban J connectivity index is 1.04. The van der Waals surface area contributed by atoms with Gasteiger partial charge in [-0.1, -0.05) is 68.1 Å². The summed E-state index contributed by atoms with van der Waals surface area (Å²) in [7, 11) is 0. The summed E-state index contributed by atoms with van der Waals surface area (Å²) in [5.74, 6) is 1.40. The molecular formula is C34H46N4O2. The highest BCUT2D eigenvalue weighted by Gasteiger charge is 2.43. The first-order valence-electron chi connectivity index (χ1n) is 15.9. The van der Waals surface area contributed by atoms with E-state index in [0.29, 0.717) is 24.4 Å². The Labute approximate surface area is 239 Å². The largest absolute Gasteiger partial charge is 0.480 e. The molecule has 3 unspecified atom stereocenters. The van der Waals surface area contributed by atoms with Crippen molar-refractivity contribution in [1.82, 2.24) is 9.80 Å². The van der Waals surface area contributed by atoms with E-state index in [4.69, 9.17) is 0 Å². The minimum absolute atomic E-state index is 0.303. The molecule has 2 saturated heterocycles. The van der Waals surface area contributed by atoms with Gasteiger partial charge in [-0.05, 0) is 86.6 Å². The minimum Gasteiger partial charge on any atom is -0.480 e. The van der Waals surface area contributed by atoms with Crippen molar-refractivity contribution in [2.75, 3.05) is 39.4 Å². The van der Waals surface area contributed by atoms with Crippen molar-refractivity contribution >= 4 is 5.97 Å². The van der Waals surface area contributed by atoms with Crippen LogP contribution in [0.1, 0.15) is 74.8 Å². The Morgan fingerprint density at radius 1 is 0.925 bits per heavy atom. The van der Waals surface area contributed by atoms with Gasteiger partial charge in [-0.3, -0.25) is 19.7 Å². The van der Waals surface area contributed by atoms with Crippen LogP contribution in [0.4, 0.5) is 0 Å². The molecule has 3 fully saturated rings. The van der Waals surface area contributed by atoms with Crippen LogP contribution in [0.2, 0.25) is 0 Å². The first-order valence-corrected chi connectivity index (χ1v) is 15.9. The van der Waals surface area contributed by atoms with Gasteiger partial charge in [-0.2, -0.15) is 0 Å². The molecule has 3 aliphatic heterocycles. The van der Waals surface area contributed by atoms with Gasteiger partial charge in [0.05, 0.1) is 10.7 Å². The Hall–Kier alpha value is -2.57. The number of carboxylic acids is 1. The molecule has 3 heterocycles. The summed E-state index contributed by atoms with van der Waals surface area (Å²) in [4.78, 5) is 26.6. The van der Waals surface area contributed by atoms with E-state index < -0.39 is 5.97 Å². The average molecular weight is 543 g/mol. The summed E-state index contributed by atoms with van der Waals surface area (Å²) >= 11 is 0. The molecule has 0 bridgehead atoms. The molecule has 3 atom stereocenters. The van der Waals surface area contributed by atoms with Gasteiger partial charge in [-0.25, -0.2) is 0 Å². The number of para-hydroxylation sites is 1. The number of hydrogen-bond acceptors (Lipinski definition) is 5. The van der Waals surface area contributed by atoms with Crippen LogP contribution >= 0.6 is 0 Å². The number of fused-ring (bicyclic) bond motifs is 1. The number of nitrogens with zero attached hydrogens (tertiary/aromatic N) is 4. The van der Waals surface area contributed by atoms with Crippen molar-refractivity contribution in [1.29, 1.82) is 0 Å². The van der Waals surface area contributed by atoms with Crippen LogP contribution in [0.15, 0.2) is 58.5 Å². The van der Waals surface area contributed by atoms with Gasteiger partial charge >= 0.3 is 5.97 Å². The Bertz CT molecular complexity index is 1250. The number of likely N-dealkylation sites (tertiary alicyclic amines) is 2. The maximum Gasteiger partial charge on any atom is 0.321 e. The quantitative estimate of drug-likeness (QED) is 0.473. The Kier molecular flexibility index (Phi) is 8.93. The fourth-order valence-corrected chi connectivity index (χ4v) is 8.14. The van der Waals surface area contributed by atoms with E-state index in [0.717, 1.165) is 55.5 Å². The molecule has 2 aromatic rings. The second-order valence-electron chi connectivity index (χ2n) is 12.8. The van der Waals surface area contributed by atoms with Crippen molar-refractivity contribution < 1.29 is 9.90 Å². The molecule has 1 N–H and O–H groups in total. The smallest absolute Gasteiger partial charge is 0.321 e. The van der Waals surface area contributed by atoms with Crippen molar-refractivity contribution in [2.24, 2.45) is 27.7 Å². The number of carbonyl (C=O) groups is 1. The molecule has 1 saturated carbocycles. The fourth-order valence-electron chi connectivity index (χ4n) is 8.14. The molecule has 0 spiro atoms. The van der Waals surface area contributed by atoms with Crippen LogP contribution in [0, 0.1) is 17.8 Å². The molecule has 2 aromatic carbocycles. The predicted molar refractivity (Wildman–Crippen MR) is 158 cm³/mol. The number of rotatable bonds is 10. The monoisotopic (exact) mass is 542 g/mol. The average Bonchev–Trinajstić information content (AvgIpc) is 3.63. The van der Waals surface area contributed by atoms with Gasteiger partial charge < -0.3 is 10.0 Å². The standard InChI is InChI=1S/C34H46N4O2/c39-34(40)33(28-12-5-2-6-13-28)38-22-29(30(23-38)26-10-3-1-4-11-26)21-37-19-17-25(18-20-37)9-7-14-27-15-8-16-31-32(27)36-24-35-31/h1,3-4,8,10-11,15-16,25,28-30,33H,2,5-7,9,12-14,17-24H2,(H,39,40). The molecule has 40 heavy (non-hydrogen) atoms. The molecule has 6 nitrogen and oxygen atoms in total. The van der Waals surface area contributed by atoms with E-state index in [1.165, 1.54) is 69.2 Å². The summed E-state index contributed by atoms with van der Waals surface area (Å²) in [5.41, 5.74) is 2.74. The maximum atomic E-state index is 12.5. The third-order valence-electron chi connectivity index (χ3n) is 10.3. The van der Waals surface area contributed by atoms with Crippen LogP contribution in [0.25, 0.3) is 0 Å². The summed E-state index contributed by atoms with van der Waals surface area (Å²) in [6.45, 7) is 5.80. The van der Waals surface area contributed by atoms with E-state index in [2.05, 4.69) is 68.3 Å². The zero-order valence-corrected chi connectivity index (χ0v) is 24.0. The minimum atomic E-state index is -0.608. The Morgan fingerprint density at radius 2 is 1.73 bits per heavy atom. The predicted octanol–water partition coefficient (Wildman–Crippen LogP) is 4.68. The molecular weight excluding hydrogens is 496 g/mol. The topological polar surface area (TPSA) is 68.5 Å². The zero-order valence-electron chi connectivity index (χ0n) is 24.0. The SMILES string of the molecule is O=C(O)C(C1CCCCC1)N1CC(CN2CCC(CCCc3cccc4c3=NCN=4)CC2)C(c2ccccc2)C1. The lowest BCUT2D eigenvalue weighted by Crippen LogP contribution is -2.46. The fraction of sp³-hybridized carbons (Fsp3) is 0.618. The first-order chi connectivity index (χ1) is 19.7. The number of hydrogen-bond donors (Lipinski definition) is 1. The van der Waals surface area contributed by atoms with Crippen LogP contribution in [0.5, 0.6) is 0 Å². The van der Waals surface area contributed by atoms with E-state index in [1.54, 1.807) is 0 Å². The highest BCUT2D eigenvalue weighted by molar-refractivity contribution is 5.74. The molecule has 0 amide bonds. The number of aliphatic carboxylic acids is 1.